The van der Waals surface area contributed by atoms with Crippen LogP contribution >= 0.6 is 0 Å². The summed E-state index contributed by atoms with van der Waals surface area (Å²) in [6, 6.07) is 15.6. The molecule has 0 atom stereocenters. The van der Waals surface area contributed by atoms with Crippen LogP contribution in [0.4, 0.5) is 4.79 Å². The van der Waals surface area contributed by atoms with Gasteiger partial charge in [0.05, 0.1) is 18.8 Å². The molecule has 0 radical (unpaired) electrons. The topological polar surface area (TPSA) is 66.0 Å². The molecule has 0 saturated carbocycles. The predicted molar refractivity (Wildman–Crippen MR) is 112 cm³/mol. The first-order valence-corrected chi connectivity index (χ1v) is 10.4. The van der Waals surface area contributed by atoms with Crippen molar-refractivity contribution in [3.05, 3.63) is 66.0 Å². The number of nitrogens with zero attached hydrogens (tertiary/aromatic N) is 4. The Morgan fingerprint density at radius 3 is 2.40 bits per heavy atom. The summed E-state index contributed by atoms with van der Waals surface area (Å²) >= 11 is 0. The number of methoxy groups -OCH3 is 1. The predicted octanol–water partition coefficient (Wildman–Crippen LogP) is 2.53. The van der Waals surface area contributed by atoms with Crippen LogP contribution in [0.15, 0.2) is 54.7 Å². The third-order valence-electron chi connectivity index (χ3n) is 6.12. The molecule has 0 bridgehead atoms. The molecule has 1 aromatic heterocycles. The number of hydrogen-bond donors (Lipinski definition) is 0. The van der Waals surface area contributed by atoms with Crippen molar-refractivity contribution in [2.75, 3.05) is 33.4 Å². The number of hydrogen-bond acceptors (Lipinski definition) is 5. The molecule has 1 aromatic carbocycles. The maximum Gasteiger partial charge on any atom is 0.328 e. The summed E-state index contributed by atoms with van der Waals surface area (Å²) in [4.78, 5) is 36.6. The second-order valence-electron chi connectivity index (χ2n) is 7.93. The number of benzene rings is 1. The number of carbonyl (C=O) groups is 2. The van der Waals surface area contributed by atoms with Crippen molar-refractivity contribution < 1.29 is 14.3 Å². The molecule has 0 unspecified atom stereocenters. The van der Waals surface area contributed by atoms with Crippen molar-refractivity contribution in [1.82, 2.24) is 19.7 Å². The van der Waals surface area contributed by atoms with Crippen molar-refractivity contribution in [3.63, 3.8) is 0 Å². The van der Waals surface area contributed by atoms with E-state index in [9.17, 15) is 9.59 Å². The highest BCUT2D eigenvalue weighted by molar-refractivity contribution is 6.07. The van der Waals surface area contributed by atoms with E-state index in [1.54, 1.807) is 18.2 Å². The van der Waals surface area contributed by atoms with E-state index < -0.39 is 5.54 Å². The number of aromatic nitrogens is 1. The van der Waals surface area contributed by atoms with Crippen LogP contribution < -0.4 is 0 Å². The highest BCUT2D eigenvalue weighted by atomic mass is 16.5. The minimum atomic E-state index is -0.777. The molecule has 1 spiro atoms. The molecular weight excluding hydrogens is 380 g/mol. The van der Waals surface area contributed by atoms with Crippen molar-refractivity contribution in [1.29, 1.82) is 0 Å². The Morgan fingerprint density at radius 1 is 1.00 bits per heavy atom. The fourth-order valence-electron chi connectivity index (χ4n) is 4.43. The highest BCUT2D eigenvalue weighted by Crippen LogP contribution is 2.38. The van der Waals surface area contributed by atoms with Crippen LogP contribution in [0.5, 0.6) is 0 Å². The number of likely N-dealkylation sites (tertiary alicyclic amines) is 1. The van der Waals surface area contributed by atoms with Gasteiger partial charge in [-0.05, 0) is 30.5 Å². The third kappa shape index (κ3) is 3.95. The Balaban J connectivity index is 1.53. The van der Waals surface area contributed by atoms with E-state index in [0.717, 1.165) is 30.9 Å². The van der Waals surface area contributed by atoms with E-state index >= 15 is 0 Å². The average molecular weight is 409 g/mol. The van der Waals surface area contributed by atoms with E-state index in [-0.39, 0.29) is 11.9 Å². The molecule has 2 aliphatic heterocycles. The van der Waals surface area contributed by atoms with Gasteiger partial charge in [-0.1, -0.05) is 36.4 Å². The van der Waals surface area contributed by atoms with Crippen LogP contribution in [-0.2, 0) is 22.6 Å². The maximum atomic E-state index is 13.4. The fourth-order valence-corrected chi connectivity index (χ4v) is 4.43. The molecule has 7 nitrogen and oxygen atoms in total. The van der Waals surface area contributed by atoms with Crippen LogP contribution in [0, 0.1) is 0 Å². The number of carbonyl (C=O) groups excluding carboxylic acids is 2. The van der Waals surface area contributed by atoms with Gasteiger partial charge in [-0.15, -0.1) is 0 Å². The summed E-state index contributed by atoms with van der Waals surface area (Å²) in [5, 5.41) is 0. The van der Waals surface area contributed by atoms with Gasteiger partial charge < -0.3 is 9.64 Å². The largest absolute Gasteiger partial charge is 0.383 e. The normalized spacial score (nSPS) is 19.1. The molecule has 3 amide bonds. The average Bonchev–Trinajstić information content (AvgIpc) is 2.96. The molecule has 7 heteroatoms. The van der Waals surface area contributed by atoms with Gasteiger partial charge >= 0.3 is 6.03 Å². The van der Waals surface area contributed by atoms with E-state index in [0.29, 0.717) is 32.5 Å². The summed E-state index contributed by atoms with van der Waals surface area (Å²) in [5.41, 5.74) is 1.27. The van der Waals surface area contributed by atoms with Crippen LogP contribution in [0.2, 0.25) is 0 Å². The van der Waals surface area contributed by atoms with Crippen molar-refractivity contribution in [2.24, 2.45) is 0 Å². The zero-order chi connectivity index (χ0) is 21.0. The van der Waals surface area contributed by atoms with E-state index in [2.05, 4.69) is 9.88 Å². The Labute approximate surface area is 177 Å². The summed E-state index contributed by atoms with van der Waals surface area (Å²) < 4.78 is 5.13. The fraction of sp³-hybridized carbons (Fsp3) is 0.435. The first kappa shape index (κ1) is 20.5. The summed E-state index contributed by atoms with van der Waals surface area (Å²) in [7, 11) is 1.58. The maximum absolute atomic E-state index is 13.4. The lowest BCUT2D eigenvalue weighted by Crippen LogP contribution is -2.56. The lowest BCUT2D eigenvalue weighted by atomic mass is 9.85. The van der Waals surface area contributed by atoms with Gasteiger partial charge in [-0.2, -0.15) is 0 Å². The summed E-state index contributed by atoms with van der Waals surface area (Å²) in [5.74, 6) is -0.0852. The second kappa shape index (κ2) is 8.93. The quantitative estimate of drug-likeness (QED) is 0.659. The van der Waals surface area contributed by atoms with E-state index in [1.807, 2.05) is 48.5 Å². The minimum Gasteiger partial charge on any atom is -0.383 e. The molecular formula is C23H28N4O3. The summed E-state index contributed by atoms with van der Waals surface area (Å²) in [6.45, 7) is 3.33. The lowest BCUT2D eigenvalue weighted by Gasteiger charge is -2.42. The van der Waals surface area contributed by atoms with Crippen LogP contribution in [0.25, 0.3) is 0 Å². The molecule has 158 valence electrons. The first-order chi connectivity index (χ1) is 14.6. The number of amides is 3. The highest BCUT2D eigenvalue weighted by Gasteiger charge is 2.57. The number of imide groups is 1. The number of pyridine rings is 1. The van der Waals surface area contributed by atoms with E-state index in [4.69, 9.17) is 4.74 Å². The number of rotatable bonds is 7. The molecule has 2 saturated heterocycles. The van der Waals surface area contributed by atoms with Gasteiger partial charge in [-0.25, -0.2) is 4.79 Å². The number of urea groups is 1. The lowest BCUT2D eigenvalue weighted by molar-refractivity contribution is -0.136. The molecule has 30 heavy (non-hydrogen) atoms. The van der Waals surface area contributed by atoms with Gasteiger partial charge in [0.2, 0.25) is 0 Å². The zero-order valence-electron chi connectivity index (χ0n) is 17.4. The van der Waals surface area contributed by atoms with Crippen molar-refractivity contribution in [2.45, 2.75) is 31.5 Å². The van der Waals surface area contributed by atoms with Gasteiger partial charge in [0.15, 0.2) is 0 Å². The Hall–Kier alpha value is -2.77. The molecule has 2 aliphatic rings. The monoisotopic (exact) mass is 408 g/mol. The third-order valence-corrected chi connectivity index (χ3v) is 6.12. The van der Waals surface area contributed by atoms with Crippen molar-refractivity contribution in [3.8, 4) is 0 Å². The molecule has 3 heterocycles. The molecule has 2 aromatic rings. The van der Waals surface area contributed by atoms with Crippen LogP contribution in [0.1, 0.15) is 24.1 Å². The smallest absolute Gasteiger partial charge is 0.328 e. The van der Waals surface area contributed by atoms with E-state index in [1.165, 1.54) is 4.90 Å². The molecule has 2 fully saturated rings. The zero-order valence-corrected chi connectivity index (χ0v) is 17.4. The van der Waals surface area contributed by atoms with Gasteiger partial charge in [0, 0.05) is 39.5 Å². The van der Waals surface area contributed by atoms with Gasteiger partial charge in [-0.3, -0.25) is 19.6 Å². The Bertz CT molecular complexity index is 867. The Kier molecular flexibility index (Phi) is 6.11. The van der Waals surface area contributed by atoms with Crippen molar-refractivity contribution >= 4 is 11.9 Å². The van der Waals surface area contributed by atoms with Gasteiger partial charge in [0.25, 0.3) is 5.91 Å². The number of piperidine rings is 1. The Morgan fingerprint density at radius 2 is 1.73 bits per heavy atom. The standard InChI is InChI=1S/C23H28N4O3/c1-30-16-15-26-21(28)23(27(22(26)29)17-19-7-3-2-4-8-19)10-13-25(14-11-23)18-20-9-5-6-12-24-20/h2-9,12H,10-11,13-18H2,1H3. The van der Waals surface area contributed by atoms with Gasteiger partial charge in [0.1, 0.15) is 5.54 Å². The molecule has 4 rings (SSSR count). The first-order valence-electron chi connectivity index (χ1n) is 10.4. The second-order valence-corrected chi connectivity index (χ2v) is 7.93. The molecule has 0 aliphatic carbocycles. The summed E-state index contributed by atoms with van der Waals surface area (Å²) in [6.07, 6.45) is 3.05. The van der Waals surface area contributed by atoms with Crippen LogP contribution in [0.3, 0.4) is 0 Å². The van der Waals surface area contributed by atoms with Crippen LogP contribution in [-0.4, -0.2) is 70.5 Å². The number of ether oxygens (including phenoxy) is 1. The molecule has 0 N–H and O–H groups in total. The SMILES string of the molecule is COCCN1C(=O)N(Cc2ccccc2)C2(CCN(Cc3ccccn3)CC2)C1=O. The minimum absolute atomic E-state index is 0.0852.